The van der Waals surface area contributed by atoms with Crippen LogP contribution < -0.4 is 5.73 Å². The number of ether oxygens (including phenoxy) is 1. The molecule has 0 spiro atoms. The molecule has 1 aliphatic heterocycles. The first-order valence-electron chi connectivity index (χ1n) is 5.78. The van der Waals surface area contributed by atoms with E-state index in [-0.39, 0.29) is 17.9 Å². The van der Waals surface area contributed by atoms with Gasteiger partial charge in [0, 0.05) is 19.1 Å². The topological polar surface area (TPSA) is 55.6 Å². The number of morpholine rings is 1. The monoisotopic (exact) mass is 214 g/mol. The third kappa shape index (κ3) is 3.47. The summed E-state index contributed by atoms with van der Waals surface area (Å²) in [4.78, 5) is 13.6. The Kier molecular flexibility index (Phi) is 5.05. The van der Waals surface area contributed by atoms with Crippen molar-refractivity contribution in [3.05, 3.63) is 0 Å². The van der Waals surface area contributed by atoms with E-state index in [0.717, 1.165) is 39.1 Å². The summed E-state index contributed by atoms with van der Waals surface area (Å²) >= 11 is 0. The van der Waals surface area contributed by atoms with Crippen LogP contribution in [0.4, 0.5) is 0 Å². The fourth-order valence-electron chi connectivity index (χ4n) is 2.17. The van der Waals surface area contributed by atoms with Crippen LogP contribution in [0.5, 0.6) is 0 Å². The lowest BCUT2D eigenvalue weighted by molar-refractivity contribution is -0.124. The lowest BCUT2D eigenvalue weighted by Gasteiger charge is -2.35. The van der Waals surface area contributed by atoms with Crippen LogP contribution in [-0.2, 0) is 9.53 Å². The van der Waals surface area contributed by atoms with E-state index in [4.69, 9.17) is 10.5 Å². The van der Waals surface area contributed by atoms with Crippen LogP contribution in [0.3, 0.4) is 0 Å². The molecule has 1 fully saturated rings. The molecular formula is C11H22N2O2. The predicted octanol–water partition coefficient (Wildman–Crippen LogP) is 0.609. The quantitative estimate of drug-likeness (QED) is 0.729. The molecule has 0 radical (unpaired) electrons. The molecule has 0 aromatic rings. The Labute approximate surface area is 91.8 Å². The standard InChI is InChI=1S/C11H22N2O2/c1-3-4-10(11(12)14)9(2)13-5-7-15-8-6-13/h9-10H,3-8H2,1-2H3,(H2,12,14). The lowest BCUT2D eigenvalue weighted by atomic mass is 9.94. The van der Waals surface area contributed by atoms with Gasteiger partial charge in [-0.25, -0.2) is 0 Å². The average Bonchev–Trinajstić information content (AvgIpc) is 2.26. The van der Waals surface area contributed by atoms with Gasteiger partial charge in [-0.2, -0.15) is 0 Å². The van der Waals surface area contributed by atoms with E-state index in [9.17, 15) is 4.79 Å². The average molecular weight is 214 g/mol. The van der Waals surface area contributed by atoms with Gasteiger partial charge in [-0.3, -0.25) is 9.69 Å². The molecule has 1 heterocycles. The van der Waals surface area contributed by atoms with E-state index in [1.807, 2.05) is 0 Å². The zero-order valence-corrected chi connectivity index (χ0v) is 9.74. The minimum Gasteiger partial charge on any atom is -0.379 e. The molecule has 4 heteroatoms. The summed E-state index contributed by atoms with van der Waals surface area (Å²) in [7, 11) is 0. The number of carbonyl (C=O) groups is 1. The van der Waals surface area contributed by atoms with Crippen molar-refractivity contribution in [3.63, 3.8) is 0 Å². The minimum atomic E-state index is -0.171. The van der Waals surface area contributed by atoms with E-state index in [1.165, 1.54) is 0 Å². The maximum Gasteiger partial charge on any atom is 0.222 e. The number of nitrogens with two attached hydrogens (primary N) is 1. The summed E-state index contributed by atoms with van der Waals surface area (Å²) in [6, 6.07) is 0.242. The highest BCUT2D eigenvalue weighted by atomic mass is 16.5. The zero-order chi connectivity index (χ0) is 11.3. The van der Waals surface area contributed by atoms with Gasteiger partial charge in [0.1, 0.15) is 0 Å². The van der Waals surface area contributed by atoms with Crippen LogP contribution in [-0.4, -0.2) is 43.2 Å². The zero-order valence-electron chi connectivity index (χ0n) is 9.74. The van der Waals surface area contributed by atoms with Crippen molar-refractivity contribution in [3.8, 4) is 0 Å². The van der Waals surface area contributed by atoms with Crippen molar-refractivity contribution in [1.29, 1.82) is 0 Å². The number of rotatable bonds is 5. The largest absolute Gasteiger partial charge is 0.379 e. The van der Waals surface area contributed by atoms with Gasteiger partial charge in [-0.05, 0) is 13.3 Å². The second-order valence-corrected chi connectivity index (χ2v) is 4.19. The van der Waals surface area contributed by atoms with Crippen molar-refractivity contribution in [2.75, 3.05) is 26.3 Å². The Balaban J connectivity index is 2.53. The number of primary amides is 1. The van der Waals surface area contributed by atoms with E-state index >= 15 is 0 Å². The van der Waals surface area contributed by atoms with Crippen LogP contribution in [0.15, 0.2) is 0 Å². The highest BCUT2D eigenvalue weighted by Crippen LogP contribution is 2.17. The smallest absolute Gasteiger partial charge is 0.222 e. The number of carbonyl (C=O) groups excluding carboxylic acids is 1. The Morgan fingerprint density at radius 3 is 2.53 bits per heavy atom. The Morgan fingerprint density at radius 2 is 2.07 bits per heavy atom. The van der Waals surface area contributed by atoms with Gasteiger partial charge in [0.2, 0.25) is 5.91 Å². The van der Waals surface area contributed by atoms with Crippen LogP contribution in [0.2, 0.25) is 0 Å². The first kappa shape index (κ1) is 12.5. The van der Waals surface area contributed by atoms with Gasteiger partial charge >= 0.3 is 0 Å². The second kappa shape index (κ2) is 6.08. The molecule has 0 aromatic carbocycles. The third-order valence-corrected chi connectivity index (χ3v) is 3.17. The maximum atomic E-state index is 11.3. The highest BCUT2D eigenvalue weighted by molar-refractivity contribution is 5.77. The molecule has 2 N–H and O–H groups in total. The molecule has 4 nitrogen and oxygen atoms in total. The minimum absolute atomic E-state index is 0.0203. The predicted molar refractivity (Wildman–Crippen MR) is 59.4 cm³/mol. The van der Waals surface area contributed by atoms with Crippen molar-refractivity contribution in [2.24, 2.45) is 11.7 Å². The molecule has 1 rings (SSSR count). The molecule has 0 saturated carbocycles. The van der Waals surface area contributed by atoms with Gasteiger partial charge in [0.05, 0.1) is 19.1 Å². The van der Waals surface area contributed by atoms with E-state index in [1.54, 1.807) is 0 Å². The summed E-state index contributed by atoms with van der Waals surface area (Å²) in [5.74, 6) is -0.191. The molecule has 0 aromatic heterocycles. The molecule has 0 aliphatic carbocycles. The van der Waals surface area contributed by atoms with Gasteiger partial charge < -0.3 is 10.5 Å². The van der Waals surface area contributed by atoms with Crippen molar-refractivity contribution >= 4 is 5.91 Å². The molecule has 15 heavy (non-hydrogen) atoms. The number of hydrogen-bond acceptors (Lipinski definition) is 3. The van der Waals surface area contributed by atoms with E-state index in [0.29, 0.717) is 0 Å². The van der Waals surface area contributed by atoms with Crippen molar-refractivity contribution in [2.45, 2.75) is 32.7 Å². The van der Waals surface area contributed by atoms with Crippen LogP contribution in [0.25, 0.3) is 0 Å². The maximum absolute atomic E-state index is 11.3. The van der Waals surface area contributed by atoms with Crippen LogP contribution >= 0.6 is 0 Å². The number of nitrogens with zero attached hydrogens (tertiary/aromatic N) is 1. The first-order chi connectivity index (χ1) is 7.16. The first-order valence-corrected chi connectivity index (χ1v) is 5.78. The molecular weight excluding hydrogens is 192 g/mol. The Hall–Kier alpha value is -0.610. The Bertz CT molecular complexity index is 203. The summed E-state index contributed by atoms with van der Waals surface area (Å²) in [5, 5.41) is 0. The summed E-state index contributed by atoms with van der Waals surface area (Å²) in [6.45, 7) is 7.53. The molecule has 88 valence electrons. The molecule has 1 saturated heterocycles. The SMILES string of the molecule is CCCC(C(N)=O)C(C)N1CCOCC1. The summed E-state index contributed by atoms with van der Waals surface area (Å²) in [5.41, 5.74) is 5.43. The number of hydrogen-bond donors (Lipinski definition) is 1. The highest BCUT2D eigenvalue weighted by Gasteiger charge is 2.27. The van der Waals surface area contributed by atoms with Crippen LogP contribution in [0, 0.1) is 5.92 Å². The Morgan fingerprint density at radius 1 is 1.47 bits per heavy atom. The third-order valence-electron chi connectivity index (χ3n) is 3.17. The van der Waals surface area contributed by atoms with E-state index < -0.39 is 0 Å². The van der Waals surface area contributed by atoms with Gasteiger partial charge in [-0.1, -0.05) is 13.3 Å². The van der Waals surface area contributed by atoms with Crippen molar-refractivity contribution in [1.82, 2.24) is 4.90 Å². The lowest BCUT2D eigenvalue weighted by Crippen LogP contribution is -2.48. The summed E-state index contributed by atoms with van der Waals surface area (Å²) in [6.07, 6.45) is 1.89. The summed E-state index contributed by atoms with van der Waals surface area (Å²) < 4.78 is 5.29. The second-order valence-electron chi connectivity index (χ2n) is 4.19. The normalized spacial score (nSPS) is 22.3. The van der Waals surface area contributed by atoms with E-state index in [2.05, 4.69) is 18.7 Å². The van der Waals surface area contributed by atoms with Crippen molar-refractivity contribution < 1.29 is 9.53 Å². The molecule has 2 atom stereocenters. The van der Waals surface area contributed by atoms with Gasteiger partial charge in [0.15, 0.2) is 0 Å². The fourth-order valence-corrected chi connectivity index (χ4v) is 2.17. The van der Waals surface area contributed by atoms with Crippen LogP contribution in [0.1, 0.15) is 26.7 Å². The van der Waals surface area contributed by atoms with Gasteiger partial charge in [0.25, 0.3) is 0 Å². The fraction of sp³-hybridized carbons (Fsp3) is 0.909. The molecule has 0 bridgehead atoms. The number of amides is 1. The molecule has 1 aliphatic rings. The molecule has 1 amide bonds. The molecule has 2 unspecified atom stereocenters. The van der Waals surface area contributed by atoms with Gasteiger partial charge in [-0.15, -0.1) is 0 Å².